The number of benzene rings is 2. The SMILES string of the molecule is CC(C)c1ccccc1Nc1ncc(C(=O)NCCc2cccc(Cl)c2)cn1. The molecule has 3 rings (SSSR count). The lowest BCUT2D eigenvalue weighted by Crippen LogP contribution is -2.26. The van der Waals surface area contributed by atoms with Gasteiger partial charge in [-0.15, -0.1) is 0 Å². The van der Waals surface area contributed by atoms with Crippen LogP contribution in [-0.4, -0.2) is 22.4 Å². The Balaban J connectivity index is 1.57. The second-order valence-corrected chi connectivity index (χ2v) is 7.23. The number of carbonyl (C=O) groups is 1. The molecule has 0 aliphatic rings. The molecule has 1 aromatic heterocycles. The Labute approximate surface area is 170 Å². The maximum absolute atomic E-state index is 12.3. The fourth-order valence-electron chi connectivity index (χ4n) is 2.86. The van der Waals surface area contributed by atoms with E-state index < -0.39 is 0 Å². The van der Waals surface area contributed by atoms with E-state index in [1.165, 1.54) is 18.0 Å². The predicted molar refractivity (Wildman–Crippen MR) is 113 cm³/mol. The zero-order valence-corrected chi connectivity index (χ0v) is 16.7. The van der Waals surface area contributed by atoms with Gasteiger partial charge in [0.15, 0.2) is 0 Å². The minimum atomic E-state index is -0.198. The van der Waals surface area contributed by atoms with E-state index in [2.05, 4.69) is 40.5 Å². The number of anilines is 2. The summed E-state index contributed by atoms with van der Waals surface area (Å²) in [6, 6.07) is 15.7. The van der Waals surface area contributed by atoms with Crippen molar-refractivity contribution in [3.8, 4) is 0 Å². The van der Waals surface area contributed by atoms with E-state index >= 15 is 0 Å². The van der Waals surface area contributed by atoms with E-state index in [9.17, 15) is 4.79 Å². The van der Waals surface area contributed by atoms with Crippen LogP contribution in [0.4, 0.5) is 11.6 Å². The van der Waals surface area contributed by atoms with Crippen LogP contribution in [0, 0.1) is 0 Å². The van der Waals surface area contributed by atoms with Gasteiger partial charge in [0.05, 0.1) is 5.56 Å². The number of nitrogens with one attached hydrogen (secondary N) is 2. The van der Waals surface area contributed by atoms with Crippen molar-refractivity contribution in [1.82, 2.24) is 15.3 Å². The summed E-state index contributed by atoms with van der Waals surface area (Å²) in [7, 11) is 0. The fraction of sp³-hybridized carbons (Fsp3) is 0.227. The second-order valence-electron chi connectivity index (χ2n) is 6.80. The Hall–Kier alpha value is -2.92. The summed E-state index contributed by atoms with van der Waals surface area (Å²) < 4.78 is 0. The van der Waals surface area contributed by atoms with E-state index in [0.717, 1.165) is 11.3 Å². The Morgan fingerprint density at radius 2 is 1.82 bits per heavy atom. The summed E-state index contributed by atoms with van der Waals surface area (Å²) >= 11 is 5.97. The monoisotopic (exact) mass is 394 g/mol. The number of carbonyl (C=O) groups excluding carboxylic acids is 1. The van der Waals surface area contributed by atoms with Crippen molar-refractivity contribution in [2.45, 2.75) is 26.2 Å². The molecule has 2 N–H and O–H groups in total. The van der Waals surface area contributed by atoms with Crippen LogP contribution in [0.25, 0.3) is 0 Å². The number of hydrogen-bond donors (Lipinski definition) is 2. The quantitative estimate of drug-likeness (QED) is 0.593. The van der Waals surface area contributed by atoms with Gasteiger partial charge >= 0.3 is 0 Å². The normalized spacial score (nSPS) is 10.7. The molecule has 0 saturated heterocycles. The van der Waals surface area contributed by atoms with Gasteiger partial charge in [-0.05, 0) is 41.7 Å². The number of amides is 1. The maximum atomic E-state index is 12.3. The van der Waals surface area contributed by atoms with Crippen molar-refractivity contribution in [3.63, 3.8) is 0 Å². The number of rotatable bonds is 7. The number of hydrogen-bond acceptors (Lipinski definition) is 4. The molecule has 0 spiro atoms. The molecule has 144 valence electrons. The maximum Gasteiger partial charge on any atom is 0.254 e. The van der Waals surface area contributed by atoms with Crippen LogP contribution in [0.2, 0.25) is 5.02 Å². The van der Waals surface area contributed by atoms with Crippen LogP contribution >= 0.6 is 11.6 Å². The first-order valence-corrected chi connectivity index (χ1v) is 9.61. The van der Waals surface area contributed by atoms with Crippen LogP contribution < -0.4 is 10.6 Å². The zero-order valence-electron chi connectivity index (χ0n) is 15.9. The van der Waals surface area contributed by atoms with Crippen molar-refractivity contribution in [3.05, 3.63) is 82.6 Å². The largest absolute Gasteiger partial charge is 0.352 e. The Bertz CT molecular complexity index is 941. The highest BCUT2D eigenvalue weighted by Crippen LogP contribution is 2.25. The molecule has 0 fully saturated rings. The minimum Gasteiger partial charge on any atom is -0.352 e. The summed E-state index contributed by atoms with van der Waals surface area (Å²) in [6.07, 6.45) is 3.77. The average Bonchev–Trinajstić information content (AvgIpc) is 2.69. The molecule has 3 aromatic rings. The van der Waals surface area contributed by atoms with Crippen LogP contribution in [0.5, 0.6) is 0 Å². The number of nitrogens with zero attached hydrogens (tertiary/aromatic N) is 2. The summed E-state index contributed by atoms with van der Waals surface area (Å²) in [5.41, 5.74) is 3.66. The molecule has 0 aliphatic heterocycles. The van der Waals surface area contributed by atoms with Crippen molar-refractivity contribution >= 4 is 29.1 Å². The highest BCUT2D eigenvalue weighted by atomic mass is 35.5. The molecule has 0 bridgehead atoms. The predicted octanol–water partition coefficient (Wildman–Crippen LogP) is 4.97. The van der Waals surface area contributed by atoms with E-state index in [4.69, 9.17) is 11.6 Å². The molecule has 0 radical (unpaired) electrons. The third kappa shape index (κ3) is 5.30. The van der Waals surface area contributed by atoms with Gasteiger partial charge in [0.25, 0.3) is 5.91 Å². The van der Waals surface area contributed by atoms with E-state index in [0.29, 0.717) is 35.4 Å². The third-order valence-corrected chi connectivity index (χ3v) is 4.57. The number of para-hydroxylation sites is 1. The molecule has 0 atom stereocenters. The molecular formula is C22H23ClN4O. The third-order valence-electron chi connectivity index (χ3n) is 4.33. The summed E-state index contributed by atoms with van der Waals surface area (Å²) in [4.78, 5) is 20.8. The number of aromatic nitrogens is 2. The van der Waals surface area contributed by atoms with Gasteiger partial charge in [-0.25, -0.2) is 9.97 Å². The van der Waals surface area contributed by atoms with Gasteiger partial charge in [-0.2, -0.15) is 0 Å². The second kappa shape index (κ2) is 9.33. The van der Waals surface area contributed by atoms with Crippen LogP contribution in [-0.2, 0) is 6.42 Å². The molecule has 2 aromatic carbocycles. The molecule has 0 unspecified atom stereocenters. The minimum absolute atomic E-state index is 0.198. The van der Waals surface area contributed by atoms with Crippen molar-refractivity contribution < 1.29 is 4.79 Å². The Morgan fingerprint density at radius 3 is 2.54 bits per heavy atom. The lowest BCUT2D eigenvalue weighted by Gasteiger charge is -2.13. The van der Waals surface area contributed by atoms with Gasteiger partial charge in [0, 0.05) is 29.6 Å². The highest BCUT2D eigenvalue weighted by Gasteiger charge is 2.09. The van der Waals surface area contributed by atoms with Gasteiger partial charge in [0.1, 0.15) is 0 Å². The van der Waals surface area contributed by atoms with Crippen molar-refractivity contribution in [2.24, 2.45) is 0 Å². The smallest absolute Gasteiger partial charge is 0.254 e. The van der Waals surface area contributed by atoms with Crippen LogP contribution in [0.1, 0.15) is 41.3 Å². The van der Waals surface area contributed by atoms with Crippen LogP contribution in [0.15, 0.2) is 60.9 Å². The van der Waals surface area contributed by atoms with Gasteiger partial charge in [0.2, 0.25) is 5.95 Å². The van der Waals surface area contributed by atoms with Crippen molar-refractivity contribution in [2.75, 3.05) is 11.9 Å². The van der Waals surface area contributed by atoms with E-state index in [1.807, 2.05) is 42.5 Å². The molecule has 6 heteroatoms. The first-order chi connectivity index (χ1) is 13.5. The molecule has 28 heavy (non-hydrogen) atoms. The molecule has 0 saturated carbocycles. The molecule has 1 heterocycles. The summed E-state index contributed by atoms with van der Waals surface area (Å²) in [5.74, 6) is 0.646. The zero-order chi connectivity index (χ0) is 19.9. The van der Waals surface area contributed by atoms with E-state index in [1.54, 1.807) is 0 Å². The summed E-state index contributed by atoms with van der Waals surface area (Å²) in [6.45, 7) is 4.79. The molecular weight excluding hydrogens is 372 g/mol. The number of halogens is 1. The molecule has 0 aliphatic carbocycles. The average molecular weight is 395 g/mol. The highest BCUT2D eigenvalue weighted by molar-refractivity contribution is 6.30. The molecule has 1 amide bonds. The first-order valence-electron chi connectivity index (χ1n) is 9.23. The van der Waals surface area contributed by atoms with Crippen LogP contribution in [0.3, 0.4) is 0 Å². The van der Waals surface area contributed by atoms with Gasteiger partial charge < -0.3 is 10.6 Å². The van der Waals surface area contributed by atoms with Gasteiger partial charge in [-0.3, -0.25) is 4.79 Å². The van der Waals surface area contributed by atoms with Crippen molar-refractivity contribution in [1.29, 1.82) is 0 Å². The topological polar surface area (TPSA) is 66.9 Å². The lowest BCUT2D eigenvalue weighted by molar-refractivity contribution is 0.0953. The van der Waals surface area contributed by atoms with E-state index in [-0.39, 0.29) is 5.91 Å². The Morgan fingerprint density at radius 1 is 1.07 bits per heavy atom. The molecule has 5 nitrogen and oxygen atoms in total. The lowest BCUT2D eigenvalue weighted by atomic mass is 10.0. The fourth-order valence-corrected chi connectivity index (χ4v) is 3.07. The van der Waals surface area contributed by atoms with Gasteiger partial charge in [-0.1, -0.05) is 55.8 Å². The standard InChI is InChI=1S/C22H23ClN4O/c1-15(2)19-8-3-4-9-20(19)27-22-25-13-17(14-26-22)21(28)24-11-10-16-6-5-7-18(23)12-16/h3-9,12-15H,10-11H2,1-2H3,(H,24,28)(H,25,26,27). The Kier molecular flexibility index (Phi) is 6.61. The first kappa shape index (κ1) is 19.8. The summed E-state index contributed by atoms with van der Waals surface area (Å²) in [5, 5.41) is 6.80.